The third-order valence-corrected chi connectivity index (χ3v) is 2.35. The Morgan fingerprint density at radius 1 is 1.53 bits per heavy atom. The molecule has 1 atom stereocenters. The fraction of sp³-hybridized carbons (Fsp3) is 0.462. The Labute approximate surface area is 102 Å². The van der Waals surface area contributed by atoms with Crippen molar-refractivity contribution in [3.05, 3.63) is 29.3 Å². The summed E-state index contributed by atoms with van der Waals surface area (Å²) >= 11 is 0. The molecule has 4 nitrogen and oxygen atoms in total. The van der Waals surface area contributed by atoms with Crippen molar-refractivity contribution < 1.29 is 14.6 Å². The summed E-state index contributed by atoms with van der Waals surface area (Å²) in [6.07, 6.45) is 0. The van der Waals surface area contributed by atoms with E-state index in [4.69, 9.17) is 4.74 Å². The van der Waals surface area contributed by atoms with Gasteiger partial charge in [-0.1, -0.05) is 6.07 Å². The minimum absolute atomic E-state index is 0.00566. The number of phenolic OH excluding ortho intramolecular Hbond substituents is 1. The molecule has 2 N–H and O–H groups in total. The Balaban J connectivity index is 2.63. The fourth-order valence-corrected chi connectivity index (χ4v) is 1.47. The molecule has 0 aromatic heterocycles. The van der Waals surface area contributed by atoms with Crippen LogP contribution in [0.4, 0.5) is 0 Å². The molecule has 0 saturated heterocycles. The number of carbonyl (C=O) groups excluding carboxylic acids is 1. The highest BCUT2D eigenvalue weighted by Crippen LogP contribution is 2.18. The van der Waals surface area contributed by atoms with Gasteiger partial charge in [-0.25, -0.2) is 0 Å². The van der Waals surface area contributed by atoms with Gasteiger partial charge in [-0.15, -0.1) is 0 Å². The summed E-state index contributed by atoms with van der Waals surface area (Å²) in [7, 11) is 0. The van der Waals surface area contributed by atoms with Gasteiger partial charge in [0.15, 0.2) is 0 Å². The molecule has 0 radical (unpaired) electrons. The van der Waals surface area contributed by atoms with E-state index in [9.17, 15) is 9.90 Å². The highest BCUT2D eigenvalue weighted by molar-refractivity contribution is 5.97. The molecular weight excluding hydrogens is 218 g/mol. The van der Waals surface area contributed by atoms with E-state index in [1.807, 2.05) is 20.8 Å². The van der Waals surface area contributed by atoms with Crippen molar-refractivity contribution in [2.24, 2.45) is 0 Å². The van der Waals surface area contributed by atoms with Crippen LogP contribution in [-0.4, -0.2) is 30.3 Å². The van der Waals surface area contributed by atoms with Crippen LogP contribution in [0.25, 0.3) is 0 Å². The summed E-state index contributed by atoms with van der Waals surface area (Å²) in [6, 6.07) is 4.90. The number of benzene rings is 1. The highest BCUT2D eigenvalue weighted by Gasteiger charge is 2.13. The van der Waals surface area contributed by atoms with Gasteiger partial charge in [0, 0.05) is 12.6 Å². The van der Waals surface area contributed by atoms with Gasteiger partial charge in [0.2, 0.25) is 0 Å². The van der Waals surface area contributed by atoms with Crippen LogP contribution >= 0.6 is 0 Å². The van der Waals surface area contributed by atoms with Crippen LogP contribution in [0.5, 0.6) is 5.75 Å². The van der Waals surface area contributed by atoms with Gasteiger partial charge in [-0.2, -0.15) is 0 Å². The van der Waals surface area contributed by atoms with Crippen LogP contribution in [0.2, 0.25) is 0 Å². The number of rotatable bonds is 5. The normalized spacial score (nSPS) is 12.2. The van der Waals surface area contributed by atoms with Crippen molar-refractivity contribution in [2.75, 3.05) is 13.2 Å². The van der Waals surface area contributed by atoms with Gasteiger partial charge in [-0.3, -0.25) is 4.79 Å². The molecule has 0 bridgehead atoms. The number of phenols is 1. The average molecular weight is 237 g/mol. The Morgan fingerprint density at radius 2 is 2.24 bits per heavy atom. The van der Waals surface area contributed by atoms with Crippen molar-refractivity contribution in [3.8, 4) is 5.75 Å². The van der Waals surface area contributed by atoms with Crippen LogP contribution in [-0.2, 0) is 4.74 Å². The Hall–Kier alpha value is -1.55. The molecule has 0 aliphatic heterocycles. The second-order valence-corrected chi connectivity index (χ2v) is 4.05. The monoisotopic (exact) mass is 237 g/mol. The lowest BCUT2D eigenvalue weighted by Gasteiger charge is -2.14. The number of hydrogen-bond donors (Lipinski definition) is 2. The smallest absolute Gasteiger partial charge is 0.255 e. The van der Waals surface area contributed by atoms with Crippen molar-refractivity contribution in [1.29, 1.82) is 0 Å². The van der Waals surface area contributed by atoms with E-state index >= 15 is 0 Å². The average Bonchev–Trinajstić information content (AvgIpc) is 2.26. The van der Waals surface area contributed by atoms with Gasteiger partial charge >= 0.3 is 0 Å². The lowest BCUT2D eigenvalue weighted by atomic mass is 10.1. The van der Waals surface area contributed by atoms with E-state index in [0.29, 0.717) is 18.8 Å². The first-order chi connectivity index (χ1) is 8.04. The summed E-state index contributed by atoms with van der Waals surface area (Å²) in [5.41, 5.74) is 1.21. The fourth-order valence-electron chi connectivity index (χ4n) is 1.47. The third-order valence-electron chi connectivity index (χ3n) is 2.35. The molecule has 1 unspecified atom stereocenters. The summed E-state index contributed by atoms with van der Waals surface area (Å²) in [5.74, 6) is -0.277. The van der Waals surface area contributed by atoms with Crippen molar-refractivity contribution in [2.45, 2.75) is 26.8 Å². The largest absolute Gasteiger partial charge is 0.507 e. The zero-order valence-corrected chi connectivity index (χ0v) is 10.5. The second-order valence-electron chi connectivity index (χ2n) is 4.05. The number of nitrogens with one attached hydrogen (secondary N) is 1. The predicted octanol–water partition coefficient (Wildman–Crippen LogP) is 1.86. The van der Waals surface area contributed by atoms with E-state index in [1.54, 1.807) is 18.2 Å². The van der Waals surface area contributed by atoms with Crippen molar-refractivity contribution in [1.82, 2.24) is 5.32 Å². The number of aryl methyl sites for hydroxylation is 1. The first-order valence-corrected chi connectivity index (χ1v) is 5.72. The molecule has 4 heteroatoms. The molecule has 94 valence electrons. The Morgan fingerprint density at radius 3 is 2.82 bits per heavy atom. The van der Waals surface area contributed by atoms with Gasteiger partial charge in [0.05, 0.1) is 12.2 Å². The van der Waals surface area contributed by atoms with Crippen LogP contribution in [0.1, 0.15) is 29.8 Å². The number of hydrogen-bond acceptors (Lipinski definition) is 3. The molecule has 0 aliphatic rings. The maximum Gasteiger partial charge on any atom is 0.255 e. The van der Waals surface area contributed by atoms with E-state index < -0.39 is 0 Å². The van der Waals surface area contributed by atoms with Gasteiger partial charge in [0.25, 0.3) is 5.91 Å². The van der Waals surface area contributed by atoms with Gasteiger partial charge in [0.1, 0.15) is 5.75 Å². The zero-order chi connectivity index (χ0) is 12.8. The topological polar surface area (TPSA) is 58.6 Å². The third kappa shape index (κ3) is 4.07. The van der Waals surface area contributed by atoms with Gasteiger partial charge < -0.3 is 15.2 Å². The summed E-state index contributed by atoms with van der Waals surface area (Å²) < 4.78 is 5.20. The molecule has 17 heavy (non-hydrogen) atoms. The number of carbonyl (C=O) groups is 1. The summed E-state index contributed by atoms with van der Waals surface area (Å²) in [6.45, 7) is 6.71. The maximum atomic E-state index is 11.8. The van der Waals surface area contributed by atoms with Crippen LogP contribution in [0.15, 0.2) is 18.2 Å². The molecule has 0 aliphatic carbocycles. The Bertz CT molecular complexity index is 390. The molecule has 1 aromatic carbocycles. The maximum absolute atomic E-state index is 11.8. The lowest BCUT2D eigenvalue weighted by molar-refractivity contribution is 0.0869. The first kappa shape index (κ1) is 13.5. The van der Waals surface area contributed by atoms with E-state index in [-0.39, 0.29) is 17.7 Å². The minimum atomic E-state index is -0.283. The van der Waals surface area contributed by atoms with Crippen LogP contribution in [0.3, 0.4) is 0 Å². The quantitative estimate of drug-likeness (QED) is 0.821. The van der Waals surface area contributed by atoms with E-state index in [1.165, 1.54) is 0 Å². The van der Waals surface area contributed by atoms with E-state index in [0.717, 1.165) is 5.56 Å². The van der Waals surface area contributed by atoms with E-state index in [2.05, 4.69) is 5.32 Å². The number of ether oxygens (including phenoxy) is 1. The lowest BCUT2D eigenvalue weighted by Crippen LogP contribution is -2.35. The molecule has 0 saturated carbocycles. The SMILES string of the molecule is CCOCC(C)NC(=O)c1ccc(C)cc1O. The molecule has 0 fully saturated rings. The number of aromatic hydroxyl groups is 1. The highest BCUT2D eigenvalue weighted by atomic mass is 16.5. The standard InChI is InChI=1S/C13H19NO3/c1-4-17-8-10(3)14-13(16)11-6-5-9(2)7-12(11)15/h5-7,10,15H,4,8H2,1-3H3,(H,14,16). The molecule has 0 spiro atoms. The van der Waals surface area contributed by atoms with Crippen LogP contribution < -0.4 is 5.32 Å². The minimum Gasteiger partial charge on any atom is -0.507 e. The van der Waals surface area contributed by atoms with Crippen molar-refractivity contribution >= 4 is 5.91 Å². The molecule has 1 aromatic rings. The number of amides is 1. The Kier molecular flexibility index (Phi) is 4.97. The molecule has 1 amide bonds. The first-order valence-electron chi connectivity index (χ1n) is 5.72. The predicted molar refractivity (Wildman–Crippen MR) is 66.3 cm³/mol. The summed E-state index contributed by atoms with van der Waals surface area (Å²) in [4.78, 5) is 11.8. The molecule has 0 heterocycles. The summed E-state index contributed by atoms with van der Waals surface area (Å²) in [5, 5.41) is 12.4. The molecular formula is C13H19NO3. The van der Waals surface area contributed by atoms with Crippen LogP contribution in [0, 0.1) is 6.92 Å². The van der Waals surface area contributed by atoms with Crippen molar-refractivity contribution in [3.63, 3.8) is 0 Å². The second kappa shape index (κ2) is 6.25. The van der Waals surface area contributed by atoms with Gasteiger partial charge in [-0.05, 0) is 38.5 Å². The zero-order valence-electron chi connectivity index (χ0n) is 10.5. The molecule has 1 rings (SSSR count).